The number of hydrogen-bond acceptors (Lipinski definition) is 2. The molecule has 72 valence electrons. The molecule has 1 heterocycles. The Bertz CT molecular complexity index is 341. The number of H-pyrrole nitrogens is 1. The van der Waals surface area contributed by atoms with Crippen molar-refractivity contribution in [2.45, 2.75) is 40.0 Å². The van der Waals surface area contributed by atoms with Crippen molar-refractivity contribution in [3.8, 4) is 0 Å². The Balaban J connectivity index is 2.97. The fraction of sp³-hybridized carbons (Fsp3) is 0.600. The molecule has 0 radical (unpaired) electrons. The Labute approximate surface area is 84.4 Å². The smallest absolute Gasteiger partial charge is 0.122 e. The minimum Gasteiger partial charge on any atom is -0.267 e. The van der Waals surface area contributed by atoms with Gasteiger partial charge in [0.1, 0.15) is 4.64 Å². The number of hydrogen-bond donors (Lipinski definition) is 1. The summed E-state index contributed by atoms with van der Waals surface area (Å²) in [4.78, 5) is 0. The lowest BCUT2D eigenvalue weighted by Gasteiger charge is -2.06. The van der Waals surface area contributed by atoms with Crippen molar-refractivity contribution in [1.29, 1.82) is 0 Å². The van der Waals surface area contributed by atoms with Crippen LogP contribution < -0.4 is 0 Å². The van der Waals surface area contributed by atoms with Gasteiger partial charge in [-0.3, -0.25) is 5.10 Å². The first-order chi connectivity index (χ1) is 6.16. The topological polar surface area (TPSA) is 28.7 Å². The van der Waals surface area contributed by atoms with Gasteiger partial charge in [0, 0.05) is 0 Å². The third-order valence-corrected chi connectivity index (χ3v) is 2.79. The third-order valence-electron chi connectivity index (χ3n) is 2.40. The largest absolute Gasteiger partial charge is 0.267 e. The summed E-state index contributed by atoms with van der Waals surface area (Å²) in [6, 6.07) is 0. The molecule has 0 saturated carbocycles. The van der Waals surface area contributed by atoms with Crippen molar-refractivity contribution < 1.29 is 0 Å². The standard InChI is InChI=1S/C10H16N2S/c1-4-5-6-9-7(2)8(3)10(13)12-11-9/h4-6H2,1-3H3,(H,12,13). The van der Waals surface area contributed by atoms with Gasteiger partial charge in [-0.1, -0.05) is 25.6 Å². The molecule has 0 aromatic carbocycles. The minimum absolute atomic E-state index is 0.762. The molecule has 0 amide bonds. The van der Waals surface area contributed by atoms with E-state index in [1.807, 2.05) is 6.92 Å². The molecular weight excluding hydrogens is 180 g/mol. The average Bonchev–Trinajstić information content (AvgIpc) is 2.13. The van der Waals surface area contributed by atoms with Gasteiger partial charge in [-0.25, -0.2) is 0 Å². The molecule has 0 bridgehead atoms. The third kappa shape index (κ3) is 2.37. The maximum absolute atomic E-state index is 5.09. The molecule has 0 unspecified atom stereocenters. The van der Waals surface area contributed by atoms with E-state index >= 15 is 0 Å². The lowest BCUT2D eigenvalue weighted by Crippen LogP contribution is -2.00. The van der Waals surface area contributed by atoms with Gasteiger partial charge in [-0.05, 0) is 37.8 Å². The number of aromatic amines is 1. The molecule has 0 aliphatic rings. The van der Waals surface area contributed by atoms with Crippen LogP contribution in [-0.2, 0) is 6.42 Å². The Morgan fingerprint density at radius 1 is 1.31 bits per heavy atom. The summed E-state index contributed by atoms with van der Waals surface area (Å²) >= 11 is 5.09. The Kier molecular flexibility index (Phi) is 3.60. The van der Waals surface area contributed by atoms with Crippen LogP contribution in [0.25, 0.3) is 0 Å². The van der Waals surface area contributed by atoms with Crippen LogP contribution >= 0.6 is 12.2 Å². The second-order valence-electron chi connectivity index (χ2n) is 3.35. The SMILES string of the molecule is CCCCc1n[nH]c(=S)c(C)c1C. The van der Waals surface area contributed by atoms with E-state index in [2.05, 4.69) is 24.0 Å². The van der Waals surface area contributed by atoms with E-state index in [1.54, 1.807) is 0 Å². The van der Waals surface area contributed by atoms with Crippen molar-refractivity contribution in [2.75, 3.05) is 0 Å². The van der Waals surface area contributed by atoms with Crippen molar-refractivity contribution in [2.24, 2.45) is 0 Å². The van der Waals surface area contributed by atoms with Gasteiger partial charge >= 0.3 is 0 Å². The average molecular weight is 196 g/mol. The summed E-state index contributed by atoms with van der Waals surface area (Å²) in [5.74, 6) is 0. The van der Waals surface area contributed by atoms with Gasteiger partial charge in [0.05, 0.1) is 5.69 Å². The predicted molar refractivity (Wildman–Crippen MR) is 57.5 cm³/mol. The summed E-state index contributed by atoms with van der Waals surface area (Å²) in [5, 5.41) is 7.13. The van der Waals surface area contributed by atoms with Crippen LogP contribution in [0, 0.1) is 18.5 Å². The molecule has 0 aliphatic carbocycles. The van der Waals surface area contributed by atoms with Gasteiger partial charge < -0.3 is 0 Å². The van der Waals surface area contributed by atoms with Gasteiger partial charge in [0.15, 0.2) is 0 Å². The van der Waals surface area contributed by atoms with Crippen molar-refractivity contribution in [1.82, 2.24) is 10.2 Å². The van der Waals surface area contributed by atoms with Crippen LogP contribution in [0.5, 0.6) is 0 Å². The summed E-state index contributed by atoms with van der Waals surface area (Å²) in [6.07, 6.45) is 3.45. The predicted octanol–water partition coefficient (Wildman–Crippen LogP) is 3.10. The van der Waals surface area contributed by atoms with E-state index in [1.165, 1.54) is 18.4 Å². The highest BCUT2D eigenvalue weighted by Gasteiger charge is 2.03. The monoisotopic (exact) mass is 196 g/mol. The maximum atomic E-state index is 5.09. The normalized spacial score (nSPS) is 10.4. The van der Waals surface area contributed by atoms with Gasteiger partial charge in [0.2, 0.25) is 0 Å². The molecule has 2 nitrogen and oxygen atoms in total. The summed E-state index contributed by atoms with van der Waals surface area (Å²) < 4.78 is 0.762. The van der Waals surface area contributed by atoms with Gasteiger partial charge in [-0.2, -0.15) is 5.10 Å². The Morgan fingerprint density at radius 3 is 2.62 bits per heavy atom. The highest BCUT2D eigenvalue weighted by molar-refractivity contribution is 7.71. The zero-order valence-corrected chi connectivity index (χ0v) is 9.29. The zero-order valence-electron chi connectivity index (χ0n) is 8.48. The fourth-order valence-electron chi connectivity index (χ4n) is 1.26. The van der Waals surface area contributed by atoms with E-state index in [0.717, 1.165) is 22.3 Å². The highest BCUT2D eigenvalue weighted by atomic mass is 32.1. The molecule has 13 heavy (non-hydrogen) atoms. The second-order valence-corrected chi connectivity index (χ2v) is 3.76. The fourth-order valence-corrected chi connectivity index (χ4v) is 1.46. The number of aryl methyl sites for hydroxylation is 1. The first kappa shape index (κ1) is 10.4. The van der Waals surface area contributed by atoms with Crippen LogP contribution in [-0.4, -0.2) is 10.2 Å². The van der Waals surface area contributed by atoms with E-state index in [4.69, 9.17) is 12.2 Å². The molecular formula is C10H16N2S. The second kappa shape index (κ2) is 4.51. The van der Waals surface area contributed by atoms with Crippen LogP contribution in [0.1, 0.15) is 36.6 Å². The summed E-state index contributed by atoms with van der Waals surface area (Å²) in [6.45, 7) is 6.33. The van der Waals surface area contributed by atoms with Crippen molar-refractivity contribution >= 4 is 12.2 Å². The lowest BCUT2D eigenvalue weighted by atomic mass is 10.1. The molecule has 1 rings (SSSR count). The molecule has 0 saturated heterocycles. The minimum atomic E-state index is 0.762. The number of aromatic nitrogens is 2. The van der Waals surface area contributed by atoms with Crippen LogP contribution in [0.4, 0.5) is 0 Å². The molecule has 0 aliphatic heterocycles. The van der Waals surface area contributed by atoms with Crippen LogP contribution in [0.15, 0.2) is 0 Å². The highest BCUT2D eigenvalue weighted by Crippen LogP contribution is 2.12. The zero-order chi connectivity index (χ0) is 9.84. The van der Waals surface area contributed by atoms with E-state index in [0.29, 0.717) is 0 Å². The first-order valence-corrected chi connectivity index (χ1v) is 5.12. The van der Waals surface area contributed by atoms with Crippen LogP contribution in [0.2, 0.25) is 0 Å². The van der Waals surface area contributed by atoms with Gasteiger partial charge in [-0.15, -0.1) is 0 Å². The number of rotatable bonds is 3. The van der Waals surface area contributed by atoms with E-state index in [-0.39, 0.29) is 0 Å². The summed E-state index contributed by atoms with van der Waals surface area (Å²) in [7, 11) is 0. The summed E-state index contributed by atoms with van der Waals surface area (Å²) in [5.41, 5.74) is 3.57. The number of nitrogens with one attached hydrogen (secondary N) is 1. The molecule has 0 fully saturated rings. The first-order valence-electron chi connectivity index (χ1n) is 4.71. The Morgan fingerprint density at radius 2 is 2.00 bits per heavy atom. The van der Waals surface area contributed by atoms with Crippen LogP contribution in [0.3, 0.4) is 0 Å². The van der Waals surface area contributed by atoms with E-state index < -0.39 is 0 Å². The molecule has 1 N–H and O–H groups in total. The lowest BCUT2D eigenvalue weighted by molar-refractivity contribution is 0.748. The molecule has 0 atom stereocenters. The molecule has 0 spiro atoms. The number of unbranched alkanes of at least 4 members (excludes halogenated alkanes) is 1. The number of nitrogens with zero attached hydrogens (tertiary/aromatic N) is 1. The molecule has 1 aromatic rings. The van der Waals surface area contributed by atoms with Crippen molar-refractivity contribution in [3.63, 3.8) is 0 Å². The molecule has 1 aromatic heterocycles. The van der Waals surface area contributed by atoms with E-state index in [9.17, 15) is 0 Å². The quantitative estimate of drug-likeness (QED) is 0.752. The molecule has 3 heteroatoms. The van der Waals surface area contributed by atoms with Crippen molar-refractivity contribution in [3.05, 3.63) is 21.5 Å². The maximum Gasteiger partial charge on any atom is 0.122 e. The van der Waals surface area contributed by atoms with Gasteiger partial charge in [0.25, 0.3) is 0 Å². The Hall–Kier alpha value is -0.700.